The minimum absolute atomic E-state index is 0.106. The first kappa shape index (κ1) is 31.2. The summed E-state index contributed by atoms with van der Waals surface area (Å²) in [6, 6.07) is 6.65. The largest absolute Gasteiger partial charge is 0.480 e. The zero-order chi connectivity index (χ0) is 31.8. The van der Waals surface area contributed by atoms with Crippen LogP contribution in [0.4, 0.5) is 18.9 Å². The Morgan fingerprint density at radius 3 is 2.55 bits per heavy atom. The Bertz CT molecular complexity index is 1960. The number of rotatable bonds is 11. The van der Waals surface area contributed by atoms with Crippen molar-refractivity contribution in [3.8, 4) is 28.5 Å². The van der Waals surface area contributed by atoms with Crippen LogP contribution in [0, 0.1) is 24.4 Å². The van der Waals surface area contributed by atoms with Crippen molar-refractivity contribution < 1.29 is 31.1 Å². The number of anilines is 1. The predicted octanol–water partition coefficient (Wildman–Crippen LogP) is 5.50. The smallest absolute Gasteiger partial charge is 0.267 e. The molecule has 1 aromatic carbocycles. The monoisotopic (exact) mass is 645 g/mol. The van der Waals surface area contributed by atoms with Crippen LogP contribution in [-0.4, -0.2) is 59.3 Å². The average molecular weight is 646 g/mol. The summed E-state index contributed by atoms with van der Waals surface area (Å²) < 4.78 is 86.8. The van der Waals surface area contributed by atoms with E-state index >= 15 is 8.78 Å². The highest BCUT2D eigenvalue weighted by molar-refractivity contribution is 7.92. The first-order valence-electron chi connectivity index (χ1n) is 13.4. The van der Waals surface area contributed by atoms with Gasteiger partial charge in [-0.05, 0) is 31.2 Å². The summed E-state index contributed by atoms with van der Waals surface area (Å²) in [4.78, 5) is 7.42. The second-order valence-corrected chi connectivity index (χ2v) is 18.5. The van der Waals surface area contributed by atoms with E-state index in [1.165, 1.54) is 18.6 Å². The van der Waals surface area contributed by atoms with E-state index in [9.17, 15) is 12.8 Å². The first-order valence-corrected chi connectivity index (χ1v) is 18.6. The van der Waals surface area contributed by atoms with Crippen LogP contribution in [0.2, 0.25) is 25.7 Å². The molecule has 16 heteroatoms. The molecule has 0 saturated heterocycles. The van der Waals surface area contributed by atoms with Gasteiger partial charge in [0.05, 0.1) is 30.1 Å². The molecule has 5 rings (SSSR count). The molecule has 0 amide bonds. The number of sulfonamides is 1. The first-order chi connectivity index (χ1) is 20.8. The standard InChI is InChI=1S/C28H30F3N7O4SSi/c1-17-34-35-27(38(17)16-42-10-11-44(3,4)5)26-22-9-6-18(14-37(22)15-33-26)24-20(30)7-8-21(25(24)31)36-43(39,40)23-12-19(29)13-32-28(23)41-2/h6-9,12-15,36H,10-11,16H2,1-5H3. The fourth-order valence-corrected chi connectivity index (χ4v) is 6.36. The zero-order valence-electron chi connectivity index (χ0n) is 24.6. The summed E-state index contributed by atoms with van der Waals surface area (Å²) in [6.07, 6.45) is 3.71. The lowest BCUT2D eigenvalue weighted by atomic mass is 10.0. The fourth-order valence-electron chi connectivity index (χ4n) is 4.41. The van der Waals surface area contributed by atoms with Crippen LogP contribution in [0.1, 0.15) is 5.82 Å². The number of aromatic nitrogens is 6. The number of methoxy groups -OCH3 is 1. The molecule has 0 unspecified atom stereocenters. The van der Waals surface area contributed by atoms with Gasteiger partial charge in [0.1, 0.15) is 36.2 Å². The van der Waals surface area contributed by atoms with Crippen LogP contribution in [0.5, 0.6) is 5.88 Å². The van der Waals surface area contributed by atoms with Crippen molar-refractivity contribution in [2.24, 2.45) is 0 Å². The molecule has 4 aromatic heterocycles. The number of hydrogen-bond donors (Lipinski definition) is 1. The van der Waals surface area contributed by atoms with Crippen molar-refractivity contribution in [1.29, 1.82) is 0 Å². The Balaban J connectivity index is 1.46. The lowest BCUT2D eigenvalue weighted by molar-refractivity contribution is 0.0866. The number of hydrogen-bond acceptors (Lipinski definition) is 8. The van der Waals surface area contributed by atoms with Crippen LogP contribution >= 0.6 is 0 Å². The average Bonchev–Trinajstić information content (AvgIpc) is 3.54. The normalized spacial score (nSPS) is 12.2. The molecule has 0 fully saturated rings. The molecule has 0 bridgehead atoms. The number of pyridine rings is 2. The number of nitrogens with one attached hydrogen (secondary N) is 1. The molecule has 232 valence electrons. The maximum absolute atomic E-state index is 15.7. The number of aryl methyl sites for hydroxylation is 1. The predicted molar refractivity (Wildman–Crippen MR) is 160 cm³/mol. The third kappa shape index (κ3) is 6.32. The highest BCUT2D eigenvalue weighted by atomic mass is 32.2. The van der Waals surface area contributed by atoms with E-state index in [1.807, 2.05) is 11.6 Å². The molecule has 11 nitrogen and oxygen atoms in total. The van der Waals surface area contributed by atoms with Gasteiger partial charge in [-0.2, -0.15) is 0 Å². The Hall–Kier alpha value is -4.28. The van der Waals surface area contributed by atoms with Gasteiger partial charge in [0, 0.05) is 32.5 Å². The van der Waals surface area contributed by atoms with E-state index in [0.29, 0.717) is 35.5 Å². The van der Waals surface area contributed by atoms with Crippen molar-refractivity contribution in [3.63, 3.8) is 0 Å². The van der Waals surface area contributed by atoms with Gasteiger partial charge in [-0.1, -0.05) is 25.7 Å². The number of imidazole rings is 1. The third-order valence-corrected chi connectivity index (χ3v) is 9.85. The minimum Gasteiger partial charge on any atom is -0.480 e. The molecule has 0 aliphatic rings. The molecule has 0 atom stereocenters. The zero-order valence-corrected chi connectivity index (χ0v) is 26.4. The van der Waals surface area contributed by atoms with Crippen LogP contribution in [-0.2, 0) is 21.5 Å². The lowest BCUT2D eigenvalue weighted by Gasteiger charge is -2.16. The molecule has 0 aliphatic carbocycles. The number of ether oxygens (including phenoxy) is 2. The van der Waals surface area contributed by atoms with Gasteiger partial charge in [0.15, 0.2) is 16.5 Å². The quantitative estimate of drug-likeness (QED) is 0.147. The third-order valence-electron chi connectivity index (χ3n) is 6.79. The van der Waals surface area contributed by atoms with Gasteiger partial charge >= 0.3 is 0 Å². The molecule has 0 radical (unpaired) electrons. The molecule has 0 saturated carbocycles. The topological polar surface area (TPSA) is 126 Å². The van der Waals surface area contributed by atoms with E-state index in [-0.39, 0.29) is 12.3 Å². The van der Waals surface area contributed by atoms with Crippen LogP contribution in [0.25, 0.3) is 28.2 Å². The number of nitrogens with zero attached hydrogens (tertiary/aromatic N) is 6. The minimum atomic E-state index is -4.57. The summed E-state index contributed by atoms with van der Waals surface area (Å²) in [5.41, 5.74) is 0.145. The molecule has 1 N–H and O–H groups in total. The number of benzene rings is 1. The SMILES string of the molecule is COc1ncc(F)cc1S(=O)(=O)Nc1ccc(F)c(-c2ccc3c(-c4nnc(C)n4COCC[Si](C)(C)C)ncn3c2)c1F. The lowest BCUT2D eigenvalue weighted by Crippen LogP contribution is -2.22. The van der Waals surface area contributed by atoms with E-state index in [4.69, 9.17) is 9.47 Å². The summed E-state index contributed by atoms with van der Waals surface area (Å²) in [5.74, 6) is -2.33. The molecular formula is C28H30F3N7O4SSi. The summed E-state index contributed by atoms with van der Waals surface area (Å²) in [7, 11) is -4.68. The Labute approximate surface area is 252 Å². The molecule has 0 spiro atoms. The molecular weight excluding hydrogens is 616 g/mol. The van der Waals surface area contributed by atoms with Gasteiger partial charge < -0.3 is 13.9 Å². The van der Waals surface area contributed by atoms with Crippen molar-refractivity contribution in [2.75, 3.05) is 18.4 Å². The van der Waals surface area contributed by atoms with E-state index in [0.717, 1.165) is 31.5 Å². The Morgan fingerprint density at radius 1 is 1.05 bits per heavy atom. The highest BCUT2D eigenvalue weighted by Crippen LogP contribution is 2.34. The van der Waals surface area contributed by atoms with Crippen LogP contribution in [0.3, 0.4) is 0 Å². The second-order valence-electron chi connectivity index (χ2n) is 11.2. The van der Waals surface area contributed by atoms with Crippen molar-refractivity contribution in [1.82, 2.24) is 29.1 Å². The van der Waals surface area contributed by atoms with E-state index in [2.05, 4.69) is 39.8 Å². The van der Waals surface area contributed by atoms with Crippen molar-refractivity contribution in [3.05, 3.63) is 72.3 Å². The van der Waals surface area contributed by atoms with Gasteiger partial charge in [-0.25, -0.2) is 31.6 Å². The highest BCUT2D eigenvalue weighted by Gasteiger charge is 2.26. The summed E-state index contributed by atoms with van der Waals surface area (Å²) >= 11 is 0. The Morgan fingerprint density at radius 2 is 1.82 bits per heavy atom. The molecule has 0 aliphatic heterocycles. The molecule has 44 heavy (non-hydrogen) atoms. The molecule has 4 heterocycles. The van der Waals surface area contributed by atoms with Crippen molar-refractivity contribution >= 4 is 29.3 Å². The van der Waals surface area contributed by atoms with Gasteiger partial charge in [-0.3, -0.25) is 9.29 Å². The summed E-state index contributed by atoms with van der Waals surface area (Å²) in [5, 5.41) is 8.45. The number of fused-ring (bicyclic) bond motifs is 1. The van der Waals surface area contributed by atoms with Crippen LogP contribution < -0.4 is 9.46 Å². The maximum Gasteiger partial charge on any atom is 0.267 e. The van der Waals surface area contributed by atoms with E-state index < -0.39 is 57.6 Å². The maximum atomic E-state index is 15.7. The van der Waals surface area contributed by atoms with Gasteiger partial charge in [0.25, 0.3) is 10.0 Å². The second kappa shape index (κ2) is 12.0. The summed E-state index contributed by atoms with van der Waals surface area (Å²) in [6.45, 7) is 9.47. The van der Waals surface area contributed by atoms with E-state index in [1.54, 1.807) is 15.0 Å². The Kier molecular flexibility index (Phi) is 8.50. The van der Waals surface area contributed by atoms with Gasteiger partial charge in [-0.15, -0.1) is 10.2 Å². The van der Waals surface area contributed by atoms with Crippen LogP contribution in [0.15, 0.2) is 53.9 Å². The van der Waals surface area contributed by atoms with Gasteiger partial charge in [0.2, 0.25) is 5.88 Å². The molecule has 5 aromatic rings. The number of halogens is 3. The van der Waals surface area contributed by atoms with Crippen molar-refractivity contribution in [2.45, 2.75) is 44.2 Å². The fraction of sp³-hybridized carbons (Fsp3) is 0.286.